The summed E-state index contributed by atoms with van der Waals surface area (Å²) >= 11 is 5.87. The first-order valence-electron chi connectivity index (χ1n) is 5.82. The molecule has 1 aliphatic rings. The Bertz CT molecular complexity index is 556. The van der Waals surface area contributed by atoms with Gasteiger partial charge in [-0.25, -0.2) is 0 Å². The third-order valence-electron chi connectivity index (χ3n) is 3.24. The number of nitrogens with one attached hydrogen (secondary N) is 1. The standard InChI is InChI=1S/C14H12ClNO2/c15-11-5-3-10(4-6-11)14(7-8-14)16-13(17)12-2-1-9-18-12/h1-6,9H,7-8H2,(H,16,17). The number of halogens is 1. The Morgan fingerprint density at radius 1 is 1.22 bits per heavy atom. The van der Waals surface area contributed by atoms with Crippen LogP contribution < -0.4 is 5.32 Å². The number of carbonyl (C=O) groups is 1. The Morgan fingerprint density at radius 3 is 2.50 bits per heavy atom. The van der Waals surface area contributed by atoms with Crippen molar-refractivity contribution in [3.8, 4) is 0 Å². The summed E-state index contributed by atoms with van der Waals surface area (Å²) in [5.74, 6) is 0.169. The van der Waals surface area contributed by atoms with E-state index in [0.29, 0.717) is 10.8 Å². The van der Waals surface area contributed by atoms with Crippen molar-refractivity contribution in [2.75, 3.05) is 0 Å². The lowest BCUT2D eigenvalue weighted by molar-refractivity contribution is 0.0902. The monoisotopic (exact) mass is 261 g/mol. The molecule has 0 saturated heterocycles. The van der Waals surface area contributed by atoms with Gasteiger partial charge in [0.25, 0.3) is 5.91 Å². The van der Waals surface area contributed by atoms with Crippen LogP contribution in [-0.4, -0.2) is 5.91 Å². The largest absolute Gasteiger partial charge is 0.459 e. The molecule has 1 heterocycles. The fraction of sp³-hybridized carbons (Fsp3) is 0.214. The summed E-state index contributed by atoms with van der Waals surface area (Å²) in [6, 6.07) is 11.0. The van der Waals surface area contributed by atoms with Crippen molar-refractivity contribution >= 4 is 17.5 Å². The lowest BCUT2D eigenvalue weighted by atomic mass is 10.0. The molecule has 1 aromatic carbocycles. The molecule has 3 nitrogen and oxygen atoms in total. The highest BCUT2D eigenvalue weighted by Crippen LogP contribution is 2.45. The molecule has 3 rings (SSSR count). The maximum absolute atomic E-state index is 12.0. The Labute approximate surface area is 110 Å². The second-order valence-corrected chi connectivity index (χ2v) is 4.96. The topological polar surface area (TPSA) is 42.2 Å². The van der Waals surface area contributed by atoms with Crippen molar-refractivity contribution in [3.05, 3.63) is 59.0 Å². The highest BCUT2D eigenvalue weighted by Gasteiger charge is 2.46. The van der Waals surface area contributed by atoms with Crippen LogP contribution in [-0.2, 0) is 5.54 Å². The minimum absolute atomic E-state index is 0.174. The molecule has 0 unspecified atom stereocenters. The summed E-state index contributed by atoms with van der Waals surface area (Å²) < 4.78 is 5.09. The number of hydrogen-bond acceptors (Lipinski definition) is 2. The highest BCUT2D eigenvalue weighted by molar-refractivity contribution is 6.30. The Balaban J connectivity index is 1.80. The lowest BCUT2D eigenvalue weighted by Gasteiger charge is -2.17. The zero-order valence-electron chi connectivity index (χ0n) is 9.65. The molecule has 1 amide bonds. The molecule has 0 spiro atoms. The van der Waals surface area contributed by atoms with Crippen LogP contribution in [0.2, 0.25) is 5.02 Å². The van der Waals surface area contributed by atoms with Gasteiger partial charge in [-0.2, -0.15) is 0 Å². The molecule has 1 N–H and O–H groups in total. The fourth-order valence-electron chi connectivity index (χ4n) is 2.07. The molecule has 0 atom stereocenters. The number of benzene rings is 1. The van der Waals surface area contributed by atoms with E-state index in [2.05, 4.69) is 5.32 Å². The van der Waals surface area contributed by atoms with E-state index in [0.717, 1.165) is 18.4 Å². The summed E-state index contributed by atoms with van der Waals surface area (Å²) in [5, 5.41) is 3.73. The summed E-state index contributed by atoms with van der Waals surface area (Å²) in [6.07, 6.45) is 3.39. The van der Waals surface area contributed by atoms with E-state index in [1.54, 1.807) is 12.1 Å². The third kappa shape index (κ3) is 2.02. The van der Waals surface area contributed by atoms with E-state index in [1.807, 2.05) is 24.3 Å². The number of rotatable bonds is 3. The molecule has 18 heavy (non-hydrogen) atoms. The molecular weight excluding hydrogens is 250 g/mol. The van der Waals surface area contributed by atoms with E-state index in [4.69, 9.17) is 16.0 Å². The van der Waals surface area contributed by atoms with Crippen LogP contribution in [0, 0.1) is 0 Å². The minimum atomic E-state index is -0.242. The Hall–Kier alpha value is -1.74. The number of amides is 1. The van der Waals surface area contributed by atoms with Crippen LogP contribution in [0.15, 0.2) is 47.1 Å². The van der Waals surface area contributed by atoms with Gasteiger partial charge in [-0.1, -0.05) is 23.7 Å². The SMILES string of the molecule is O=C(NC1(c2ccc(Cl)cc2)CC1)c1ccco1. The fourth-order valence-corrected chi connectivity index (χ4v) is 2.19. The van der Waals surface area contributed by atoms with E-state index in [-0.39, 0.29) is 11.4 Å². The van der Waals surface area contributed by atoms with Crippen molar-refractivity contribution in [2.24, 2.45) is 0 Å². The molecular formula is C14H12ClNO2. The molecule has 1 aromatic heterocycles. The van der Waals surface area contributed by atoms with Crippen molar-refractivity contribution in [2.45, 2.75) is 18.4 Å². The van der Waals surface area contributed by atoms with Crippen molar-refractivity contribution in [1.82, 2.24) is 5.32 Å². The van der Waals surface area contributed by atoms with Gasteiger partial charge in [0, 0.05) is 5.02 Å². The summed E-state index contributed by atoms with van der Waals surface area (Å²) in [4.78, 5) is 12.0. The second kappa shape index (κ2) is 4.18. The van der Waals surface area contributed by atoms with E-state index < -0.39 is 0 Å². The van der Waals surface area contributed by atoms with Crippen LogP contribution in [0.1, 0.15) is 29.0 Å². The van der Waals surface area contributed by atoms with Gasteiger partial charge in [0.15, 0.2) is 5.76 Å². The van der Waals surface area contributed by atoms with Gasteiger partial charge in [-0.15, -0.1) is 0 Å². The number of carbonyl (C=O) groups excluding carboxylic acids is 1. The highest BCUT2D eigenvalue weighted by atomic mass is 35.5. The molecule has 1 fully saturated rings. The average molecular weight is 262 g/mol. The zero-order valence-corrected chi connectivity index (χ0v) is 10.4. The maximum Gasteiger partial charge on any atom is 0.287 e. The van der Waals surface area contributed by atoms with Gasteiger partial charge in [-0.3, -0.25) is 4.79 Å². The van der Waals surface area contributed by atoms with Crippen LogP contribution in [0.25, 0.3) is 0 Å². The molecule has 2 aromatic rings. The van der Waals surface area contributed by atoms with Gasteiger partial charge in [0.05, 0.1) is 11.8 Å². The average Bonchev–Trinajstić information content (AvgIpc) is 2.94. The maximum atomic E-state index is 12.0. The van der Waals surface area contributed by atoms with Gasteiger partial charge in [0.1, 0.15) is 0 Å². The normalized spacial score (nSPS) is 16.3. The first kappa shape index (κ1) is 11.4. The van der Waals surface area contributed by atoms with Gasteiger partial charge >= 0.3 is 0 Å². The molecule has 1 aliphatic carbocycles. The van der Waals surface area contributed by atoms with Crippen molar-refractivity contribution in [1.29, 1.82) is 0 Å². The lowest BCUT2D eigenvalue weighted by Crippen LogP contribution is -2.34. The predicted molar refractivity (Wildman–Crippen MR) is 68.5 cm³/mol. The first-order chi connectivity index (χ1) is 8.70. The summed E-state index contributed by atoms with van der Waals surface area (Å²) in [5.41, 5.74) is 0.848. The summed E-state index contributed by atoms with van der Waals surface area (Å²) in [6.45, 7) is 0. The van der Waals surface area contributed by atoms with Gasteiger partial charge in [0.2, 0.25) is 0 Å². The van der Waals surface area contributed by atoms with Crippen LogP contribution in [0.5, 0.6) is 0 Å². The van der Waals surface area contributed by atoms with E-state index in [9.17, 15) is 4.79 Å². The quantitative estimate of drug-likeness (QED) is 0.921. The van der Waals surface area contributed by atoms with Crippen LogP contribution >= 0.6 is 11.6 Å². The predicted octanol–water partition coefficient (Wildman–Crippen LogP) is 3.35. The van der Waals surface area contributed by atoms with Crippen molar-refractivity contribution < 1.29 is 9.21 Å². The molecule has 0 aliphatic heterocycles. The zero-order chi connectivity index (χ0) is 12.6. The van der Waals surface area contributed by atoms with Crippen LogP contribution in [0.3, 0.4) is 0 Å². The smallest absolute Gasteiger partial charge is 0.287 e. The van der Waals surface area contributed by atoms with Crippen LogP contribution in [0.4, 0.5) is 0 Å². The molecule has 92 valence electrons. The third-order valence-corrected chi connectivity index (χ3v) is 3.50. The van der Waals surface area contributed by atoms with E-state index >= 15 is 0 Å². The molecule has 0 radical (unpaired) electrons. The summed E-state index contributed by atoms with van der Waals surface area (Å²) in [7, 11) is 0. The van der Waals surface area contributed by atoms with Gasteiger partial charge in [-0.05, 0) is 42.7 Å². The second-order valence-electron chi connectivity index (χ2n) is 4.52. The number of furan rings is 1. The first-order valence-corrected chi connectivity index (χ1v) is 6.19. The van der Waals surface area contributed by atoms with Gasteiger partial charge < -0.3 is 9.73 Å². The minimum Gasteiger partial charge on any atom is -0.459 e. The Kier molecular flexibility index (Phi) is 2.63. The molecule has 1 saturated carbocycles. The number of hydrogen-bond donors (Lipinski definition) is 1. The van der Waals surface area contributed by atoms with E-state index in [1.165, 1.54) is 6.26 Å². The molecule has 4 heteroatoms. The van der Waals surface area contributed by atoms with Crippen molar-refractivity contribution in [3.63, 3.8) is 0 Å². The Morgan fingerprint density at radius 2 is 1.94 bits per heavy atom. The molecule has 0 bridgehead atoms.